The van der Waals surface area contributed by atoms with E-state index in [9.17, 15) is 4.39 Å². The van der Waals surface area contributed by atoms with Gasteiger partial charge in [0, 0.05) is 6.54 Å². The van der Waals surface area contributed by atoms with Gasteiger partial charge in [-0.2, -0.15) is 0 Å². The highest BCUT2D eigenvalue weighted by Crippen LogP contribution is 2.31. The Labute approximate surface area is 84.3 Å². The summed E-state index contributed by atoms with van der Waals surface area (Å²) in [4.78, 5) is 0. The van der Waals surface area contributed by atoms with Crippen LogP contribution in [0, 0.1) is 11.7 Å². The summed E-state index contributed by atoms with van der Waals surface area (Å²) in [5, 5.41) is 3.37. The molecule has 0 heterocycles. The number of halogens is 1. The molecule has 0 aromatic heterocycles. The van der Waals surface area contributed by atoms with Crippen LogP contribution in [0.2, 0.25) is 0 Å². The molecule has 76 valence electrons. The SMILES string of the molecule is Fc1ccc(CNCCC2CC2)cc1. The third-order valence-corrected chi connectivity index (χ3v) is 2.67. The zero-order valence-electron chi connectivity index (χ0n) is 8.30. The predicted molar refractivity (Wildman–Crippen MR) is 55.4 cm³/mol. The third kappa shape index (κ3) is 3.11. The van der Waals surface area contributed by atoms with Crippen molar-refractivity contribution in [3.63, 3.8) is 0 Å². The van der Waals surface area contributed by atoms with Crippen molar-refractivity contribution in [3.05, 3.63) is 35.6 Å². The average molecular weight is 193 g/mol. The molecule has 2 heteroatoms. The second kappa shape index (κ2) is 4.56. The highest BCUT2D eigenvalue weighted by atomic mass is 19.1. The normalized spacial score (nSPS) is 15.8. The molecule has 1 aliphatic carbocycles. The van der Waals surface area contributed by atoms with Gasteiger partial charge in [0.1, 0.15) is 5.82 Å². The van der Waals surface area contributed by atoms with Crippen molar-refractivity contribution in [3.8, 4) is 0 Å². The lowest BCUT2D eigenvalue weighted by Gasteiger charge is -2.03. The molecule has 0 atom stereocenters. The molecule has 0 radical (unpaired) electrons. The van der Waals surface area contributed by atoms with Crippen LogP contribution in [0.4, 0.5) is 4.39 Å². The fourth-order valence-corrected chi connectivity index (χ4v) is 1.55. The highest BCUT2D eigenvalue weighted by molar-refractivity contribution is 5.15. The summed E-state index contributed by atoms with van der Waals surface area (Å²) >= 11 is 0. The first kappa shape index (κ1) is 9.66. The molecule has 1 N–H and O–H groups in total. The van der Waals surface area contributed by atoms with E-state index in [0.29, 0.717) is 0 Å². The quantitative estimate of drug-likeness (QED) is 0.709. The van der Waals surface area contributed by atoms with Gasteiger partial charge in [0.2, 0.25) is 0 Å². The monoisotopic (exact) mass is 193 g/mol. The Morgan fingerprint density at radius 1 is 1.21 bits per heavy atom. The molecule has 0 aliphatic heterocycles. The summed E-state index contributed by atoms with van der Waals surface area (Å²) in [7, 11) is 0. The van der Waals surface area contributed by atoms with E-state index in [0.717, 1.165) is 24.6 Å². The van der Waals surface area contributed by atoms with E-state index >= 15 is 0 Å². The molecule has 1 fully saturated rings. The van der Waals surface area contributed by atoms with E-state index < -0.39 is 0 Å². The van der Waals surface area contributed by atoms with E-state index in [4.69, 9.17) is 0 Å². The largest absolute Gasteiger partial charge is 0.313 e. The average Bonchev–Trinajstić information content (AvgIpc) is 2.99. The zero-order valence-corrected chi connectivity index (χ0v) is 8.30. The van der Waals surface area contributed by atoms with Gasteiger partial charge in [-0.3, -0.25) is 0 Å². The molecule has 0 unspecified atom stereocenters. The predicted octanol–water partition coefficient (Wildman–Crippen LogP) is 2.72. The molecule has 1 saturated carbocycles. The Hall–Kier alpha value is -0.890. The van der Waals surface area contributed by atoms with E-state index in [1.807, 2.05) is 12.1 Å². The Kier molecular flexibility index (Phi) is 3.14. The highest BCUT2D eigenvalue weighted by Gasteiger charge is 2.19. The molecule has 1 aromatic rings. The van der Waals surface area contributed by atoms with Gasteiger partial charge < -0.3 is 5.32 Å². The van der Waals surface area contributed by atoms with Gasteiger partial charge >= 0.3 is 0 Å². The van der Waals surface area contributed by atoms with Gasteiger partial charge in [-0.1, -0.05) is 25.0 Å². The molecular weight excluding hydrogens is 177 g/mol. The Morgan fingerprint density at radius 2 is 1.93 bits per heavy atom. The third-order valence-electron chi connectivity index (χ3n) is 2.67. The summed E-state index contributed by atoms with van der Waals surface area (Å²) in [6.45, 7) is 1.94. The molecule has 14 heavy (non-hydrogen) atoms. The van der Waals surface area contributed by atoms with Crippen molar-refractivity contribution < 1.29 is 4.39 Å². The van der Waals surface area contributed by atoms with E-state index in [1.165, 1.54) is 31.4 Å². The Morgan fingerprint density at radius 3 is 2.57 bits per heavy atom. The first-order chi connectivity index (χ1) is 6.84. The van der Waals surface area contributed by atoms with Crippen molar-refractivity contribution in [2.45, 2.75) is 25.8 Å². The number of hydrogen-bond donors (Lipinski definition) is 1. The molecular formula is C12H16FN. The first-order valence-electron chi connectivity index (χ1n) is 5.30. The van der Waals surface area contributed by atoms with Gasteiger partial charge in [-0.25, -0.2) is 4.39 Å². The summed E-state index contributed by atoms with van der Waals surface area (Å²) < 4.78 is 12.6. The molecule has 1 nitrogen and oxygen atoms in total. The van der Waals surface area contributed by atoms with Gasteiger partial charge in [0.05, 0.1) is 0 Å². The van der Waals surface area contributed by atoms with Crippen LogP contribution in [-0.2, 0) is 6.54 Å². The number of rotatable bonds is 5. The van der Waals surface area contributed by atoms with E-state index in [2.05, 4.69) is 5.32 Å². The molecule has 0 spiro atoms. The summed E-state index contributed by atoms with van der Waals surface area (Å²) in [6.07, 6.45) is 4.12. The fourth-order valence-electron chi connectivity index (χ4n) is 1.55. The lowest BCUT2D eigenvalue weighted by Crippen LogP contribution is -2.15. The number of nitrogens with one attached hydrogen (secondary N) is 1. The van der Waals surface area contributed by atoms with Crippen molar-refractivity contribution in [2.24, 2.45) is 5.92 Å². The maximum absolute atomic E-state index is 12.6. The van der Waals surface area contributed by atoms with E-state index in [1.54, 1.807) is 0 Å². The molecule has 0 saturated heterocycles. The maximum Gasteiger partial charge on any atom is 0.123 e. The van der Waals surface area contributed by atoms with Crippen molar-refractivity contribution in [1.29, 1.82) is 0 Å². The van der Waals surface area contributed by atoms with Crippen LogP contribution in [0.1, 0.15) is 24.8 Å². The van der Waals surface area contributed by atoms with E-state index in [-0.39, 0.29) is 5.82 Å². The van der Waals surface area contributed by atoms with Gasteiger partial charge in [-0.05, 0) is 36.6 Å². The van der Waals surface area contributed by atoms with Crippen molar-refractivity contribution >= 4 is 0 Å². The first-order valence-corrected chi connectivity index (χ1v) is 5.30. The van der Waals surface area contributed by atoms with Gasteiger partial charge in [0.25, 0.3) is 0 Å². The summed E-state index contributed by atoms with van der Waals surface area (Å²) in [5.41, 5.74) is 1.15. The summed E-state index contributed by atoms with van der Waals surface area (Å²) in [6, 6.07) is 6.69. The molecule has 1 aliphatic rings. The molecule has 1 aromatic carbocycles. The van der Waals surface area contributed by atoms with Crippen LogP contribution in [-0.4, -0.2) is 6.54 Å². The molecule has 2 rings (SSSR count). The second-order valence-corrected chi connectivity index (χ2v) is 4.04. The lowest BCUT2D eigenvalue weighted by atomic mass is 10.2. The van der Waals surface area contributed by atoms with Gasteiger partial charge in [0.15, 0.2) is 0 Å². The van der Waals surface area contributed by atoms with Crippen LogP contribution < -0.4 is 5.32 Å². The Balaban J connectivity index is 1.66. The van der Waals surface area contributed by atoms with Crippen LogP contribution in [0.15, 0.2) is 24.3 Å². The number of benzene rings is 1. The molecule has 0 amide bonds. The van der Waals surface area contributed by atoms with Crippen LogP contribution in [0.25, 0.3) is 0 Å². The Bertz CT molecular complexity index is 277. The maximum atomic E-state index is 12.6. The number of hydrogen-bond acceptors (Lipinski definition) is 1. The van der Waals surface area contributed by atoms with Crippen LogP contribution in [0.3, 0.4) is 0 Å². The minimum absolute atomic E-state index is 0.160. The lowest BCUT2D eigenvalue weighted by molar-refractivity contribution is 0.608. The van der Waals surface area contributed by atoms with Crippen LogP contribution in [0.5, 0.6) is 0 Å². The topological polar surface area (TPSA) is 12.0 Å². The van der Waals surface area contributed by atoms with Crippen LogP contribution >= 0.6 is 0 Å². The van der Waals surface area contributed by atoms with Crippen molar-refractivity contribution in [2.75, 3.05) is 6.54 Å². The molecule has 0 bridgehead atoms. The van der Waals surface area contributed by atoms with Crippen molar-refractivity contribution in [1.82, 2.24) is 5.32 Å². The second-order valence-electron chi connectivity index (χ2n) is 4.04. The zero-order chi connectivity index (χ0) is 9.80. The van der Waals surface area contributed by atoms with Gasteiger partial charge in [-0.15, -0.1) is 0 Å². The fraction of sp³-hybridized carbons (Fsp3) is 0.500. The minimum atomic E-state index is -0.160. The minimum Gasteiger partial charge on any atom is -0.313 e. The smallest absolute Gasteiger partial charge is 0.123 e. The standard InChI is InChI=1S/C12H16FN/c13-12-5-3-11(4-6-12)9-14-8-7-10-1-2-10/h3-6,10,14H,1-2,7-9H2. The summed E-state index contributed by atoms with van der Waals surface area (Å²) in [5.74, 6) is 0.822.